The average molecular weight is 384 g/mol. The molecule has 2 fully saturated rings. The van der Waals surface area contributed by atoms with Gasteiger partial charge in [-0.1, -0.05) is 12.1 Å². The summed E-state index contributed by atoms with van der Waals surface area (Å²) >= 11 is 0. The molecule has 2 atom stereocenters. The van der Waals surface area contributed by atoms with Crippen LogP contribution in [0.25, 0.3) is 10.9 Å². The van der Waals surface area contributed by atoms with E-state index in [2.05, 4.69) is 5.10 Å². The Kier molecular flexibility index (Phi) is 3.96. The summed E-state index contributed by atoms with van der Waals surface area (Å²) in [4.78, 5) is 0. The summed E-state index contributed by atoms with van der Waals surface area (Å²) in [6, 6.07) is 3.25. The number of benzene rings is 1. The minimum absolute atomic E-state index is 0.0167. The molecule has 1 aliphatic heterocycles. The molecule has 4 rings (SSSR count). The highest BCUT2D eigenvalue weighted by atomic mass is 19.4. The highest BCUT2D eigenvalue weighted by Gasteiger charge is 2.60. The monoisotopic (exact) mass is 384 g/mol. The smallest absolute Gasteiger partial charge is 0.403 e. The van der Waals surface area contributed by atoms with Crippen molar-refractivity contribution >= 4 is 18.0 Å². The van der Waals surface area contributed by atoms with Crippen molar-refractivity contribution in [2.45, 2.75) is 69.8 Å². The van der Waals surface area contributed by atoms with E-state index < -0.39 is 36.9 Å². The van der Waals surface area contributed by atoms with Gasteiger partial charge in [0.25, 0.3) is 0 Å². The molecular formula is C18H21BF4N2O2. The van der Waals surface area contributed by atoms with E-state index in [0.717, 1.165) is 0 Å². The summed E-state index contributed by atoms with van der Waals surface area (Å²) in [5, 5.41) is 4.06. The molecule has 0 spiro atoms. The van der Waals surface area contributed by atoms with Crippen LogP contribution in [0.1, 0.15) is 45.6 Å². The van der Waals surface area contributed by atoms with Crippen LogP contribution in [0.4, 0.5) is 17.6 Å². The molecule has 0 amide bonds. The van der Waals surface area contributed by atoms with E-state index in [1.54, 1.807) is 12.1 Å². The van der Waals surface area contributed by atoms with Crippen LogP contribution in [0.5, 0.6) is 0 Å². The summed E-state index contributed by atoms with van der Waals surface area (Å²) in [6.07, 6.45) is -2.54. The molecule has 2 aliphatic rings. The maximum absolute atomic E-state index is 15.1. The second kappa shape index (κ2) is 5.70. The zero-order chi connectivity index (χ0) is 19.8. The Morgan fingerprint density at radius 1 is 1.19 bits per heavy atom. The number of hydrogen-bond donors (Lipinski definition) is 0. The molecule has 27 heavy (non-hydrogen) atoms. The Hall–Kier alpha value is -1.61. The lowest BCUT2D eigenvalue weighted by atomic mass is 9.79. The molecule has 2 aromatic rings. The molecule has 1 aromatic carbocycles. The topological polar surface area (TPSA) is 36.3 Å². The number of halogens is 4. The first kappa shape index (κ1) is 18.7. The Morgan fingerprint density at radius 2 is 1.81 bits per heavy atom. The largest absolute Gasteiger partial charge is 0.461 e. The van der Waals surface area contributed by atoms with Crippen molar-refractivity contribution in [1.29, 1.82) is 0 Å². The highest BCUT2D eigenvalue weighted by molar-refractivity contribution is 6.49. The minimum atomic E-state index is -4.47. The summed E-state index contributed by atoms with van der Waals surface area (Å²) in [6.45, 7) is 6.49. The van der Waals surface area contributed by atoms with Crippen molar-refractivity contribution < 1.29 is 26.9 Å². The number of alkyl halides is 3. The quantitative estimate of drug-likeness (QED) is 0.569. The van der Waals surface area contributed by atoms with Gasteiger partial charge in [-0.25, -0.2) is 4.39 Å². The molecule has 1 saturated carbocycles. The van der Waals surface area contributed by atoms with Gasteiger partial charge in [0.05, 0.1) is 17.4 Å². The third kappa shape index (κ3) is 3.14. The van der Waals surface area contributed by atoms with Crippen molar-refractivity contribution in [3.63, 3.8) is 0 Å². The predicted molar refractivity (Wildman–Crippen MR) is 92.9 cm³/mol. The molecule has 1 aliphatic carbocycles. The molecular weight excluding hydrogens is 363 g/mol. The molecule has 2 heterocycles. The zero-order valence-electron chi connectivity index (χ0n) is 15.6. The van der Waals surface area contributed by atoms with Gasteiger partial charge in [-0.05, 0) is 45.6 Å². The van der Waals surface area contributed by atoms with E-state index in [9.17, 15) is 13.2 Å². The van der Waals surface area contributed by atoms with Crippen LogP contribution < -0.4 is 0 Å². The normalized spacial score (nSPS) is 26.7. The van der Waals surface area contributed by atoms with E-state index in [-0.39, 0.29) is 17.3 Å². The lowest BCUT2D eigenvalue weighted by Gasteiger charge is -2.32. The zero-order valence-corrected chi connectivity index (χ0v) is 15.6. The molecule has 1 aromatic heterocycles. The van der Waals surface area contributed by atoms with Crippen molar-refractivity contribution in [2.24, 2.45) is 0 Å². The second-order valence-electron chi connectivity index (χ2n) is 8.45. The van der Waals surface area contributed by atoms with Crippen LogP contribution >= 0.6 is 0 Å². The van der Waals surface area contributed by atoms with Crippen LogP contribution in [0, 0.1) is 5.82 Å². The van der Waals surface area contributed by atoms with Gasteiger partial charge < -0.3 is 9.31 Å². The first-order chi connectivity index (χ1) is 12.4. The fourth-order valence-corrected chi connectivity index (χ4v) is 3.66. The maximum atomic E-state index is 15.1. The van der Waals surface area contributed by atoms with Gasteiger partial charge in [-0.15, -0.1) is 0 Å². The SMILES string of the molecule is CC1(C)OB([C@H]2C[C@@H]2c2ccc3cnn(CC(F)(F)F)c3c2F)OC1(C)C. The van der Waals surface area contributed by atoms with Gasteiger partial charge in [0.2, 0.25) is 0 Å². The fourth-order valence-electron chi connectivity index (χ4n) is 3.66. The van der Waals surface area contributed by atoms with E-state index in [4.69, 9.17) is 9.31 Å². The van der Waals surface area contributed by atoms with Crippen molar-refractivity contribution in [2.75, 3.05) is 0 Å². The molecule has 0 N–H and O–H groups in total. The average Bonchev–Trinajstić information content (AvgIpc) is 3.14. The fraction of sp³-hybridized carbons (Fsp3) is 0.611. The van der Waals surface area contributed by atoms with Crippen LogP contribution in [0.2, 0.25) is 5.82 Å². The van der Waals surface area contributed by atoms with Crippen molar-refractivity contribution in [3.8, 4) is 0 Å². The number of nitrogens with zero attached hydrogens (tertiary/aromatic N) is 2. The van der Waals surface area contributed by atoms with Gasteiger partial charge in [-0.3, -0.25) is 4.68 Å². The Balaban J connectivity index is 1.61. The van der Waals surface area contributed by atoms with Crippen LogP contribution in [-0.2, 0) is 15.9 Å². The lowest BCUT2D eigenvalue weighted by molar-refractivity contribution is -0.141. The van der Waals surface area contributed by atoms with Gasteiger partial charge in [0.15, 0.2) is 5.82 Å². The Labute approximate surface area is 155 Å². The van der Waals surface area contributed by atoms with E-state index in [0.29, 0.717) is 22.1 Å². The molecule has 0 unspecified atom stereocenters. The highest BCUT2D eigenvalue weighted by Crippen LogP contribution is 2.59. The van der Waals surface area contributed by atoms with Gasteiger partial charge in [0, 0.05) is 11.2 Å². The van der Waals surface area contributed by atoms with Gasteiger partial charge >= 0.3 is 13.3 Å². The summed E-state index contributed by atoms with van der Waals surface area (Å²) in [5.74, 6) is -0.798. The van der Waals surface area contributed by atoms with E-state index in [1.807, 2.05) is 27.7 Å². The molecule has 146 valence electrons. The third-order valence-electron chi connectivity index (χ3n) is 5.96. The standard InChI is InChI=1S/C18H21BF4N2O2/c1-16(2)17(3,4)27-19(26-16)13-7-12(13)11-6-5-10-8-24-25(9-18(21,22)23)15(10)14(11)20/h5-6,8,12-13H,7,9H2,1-4H3/t12-,13+/m1/s1. The van der Waals surface area contributed by atoms with E-state index in [1.165, 1.54) is 6.20 Å². The molecule has 9 heteroatoms. The van der Waals surface area contributed by atoms with Crippen LogP contribution in [0.15, 0.2) is 18.3 Å². The van der Waals surface area contributed by atoms with Gasteiger partial charge in [0.1, 0.15) is 12.1 Å². The number of rotatable bonds is 3. The second-order valence-corrected chi connectivity index (χ2v) is 8.45. The predicted octanol–water partition coefficient (Wildman–Crippen LogP) is 4.69. The van der Waals surface area contributed by atoms with Gasteiger partial charge in [-0.2, -0.15) is 18.3 Å². The van der Waals surface area contributed by atoms with E-state index >= 15 is 4.39 Å². The summed E-state index contributed by atoms with van der Waals surface area (Å²) in [7, 11) is -0.449. The molecule has 0 bridgehead atoms. The van der Waals surface area contributed by atoms with Crippen LogP contribution in [0.3, 0.4) is 0 Å². The number of fused-ring (bicyclic) bond motifs is 1. The minimum Gasteiger partial charge on any atom is -0.403 e. The lowest BCUT2D eigenvalue weighted by Crippen LogP contribution is -2.41. The maximum Gasteiger partial charge on any atom is 0.461 e. The van der Waals surface area contributed by atoms with Crippen LogP contribution in [-0.4, -0.2) is 34.3 Å². The molecule has 1 saturated heterocycles. The first-order valence-electron chi connectivity index (χ1n) is 8.96. The number of aromatic nitrogens is 2. The summed E-state index contributed by atoms with van der Waals surface area (Å²) in [5.41, 5.74) is -0.660. The Morgan fingerprint density at radius 3 is 2.41 bits per heavy atom. The number of hydrogen-bond acceptors (Lipinski definition) is 3. The van der Waals surface area contributed by atoms with Crippen molar-refractivity contribution in [1.82, 2.24) is 9.78 Å². The van der Waals surface area contributed by atoms with Crippen molar-refractivity contribution in [3.05, 3.63) is 29.7 Å². The first-order valence-corrected chi connectivity index (χ1v) is 8.96. The Bertz CT molecular complexity index is 877. The molecule has 0 radical (unpaired) electrons. The summed E-state index contributed by atoms with van der Waals surface area (Å²) < 4.78 is 66.1. The molecule has 4 nitrogen and oxygen atoms in total. The third-order valence-corrected chi connectivity index (χ3v) is 5.96.